The maximum Gasteiger partial charge on any atom is 0.250 e. The van der Waals surface area contributed by atoms with Crippen molar-refractivity contribution in [1.82, 2.24) is 20.2 Å². The fraction of sp³-hybridized carbons (Fsp3) is 0.0833. The summed E-state index contributed by atoms with van der Waals surface area (Å²) < 4.78 is 7.41. The minimum atomic E-state index is -0.397. The number of halogens is 1. The maximum absolute atomic E-state index is 12.3. The Morgan fingerprint density at radius 3 is 2.65 bits per heavy atom. The van der Waals surface area contributed by atoms with Gasteiger partial charge in [0.15, 0.2) is 5.11 Å². The van der Waals surface area contributed by atoms with Crippen molar-refractivity contribution in [1.29, 1.82) is 0 Å². The highest BCUT2D eigenvalue weighted by Crippen LogP contribution is 2.24. The molecule has 0 radical (unpaired) electrons. The summed E-state index contributed by atoms with van der Waals surface area (Å²) in [5, 5.41) is 12.3. The standard InChI is InChI=1S/C24H20ClN5O2S2/c1-16-27-28-24(34-15-17-5-3-2-4-6-17)30(16)29-23(33)26-22(31)14-12-20-11-13-21(32-20)18-7-9-19(25)10-8-18/h2-14H,15H2,1H3,(H2,26,29,31,33)/b14-12+. The first kappa shape index (κ1) is 23.7. The van der Waals surface area contributed by atoms with Crippen LogP contribution in [0.3, 0.4) is 0 Å². The summed E-state index contributed by atoms with van der Waals surface area (Å²) in [5.74, 6) is 2.16. The average Bonchev–Trinajstić information content (AvgIpc) is 3.45. The molecule has 0 saturated heterocycles. The molecule has 10 heteroatoms. The number of hydrogen-bond donors (Lipinski definition) is 2. The number of amides is 1. The van der Waals surface area contributed by atoms with E-state index in [1.807, 2.05) is 48.5 Å². The first-order valence-electron chi connectivity index (χ1n) is 10.2. The van der Waals surface area contributed by atoms with Gasteiger partial charge in [-0.25, -0.2) is 4.68 Å². The Kier molecular flexibility index (Phi) is 7.79. The van der Waals surface area contributed by atoms with Gasteiger partial charge in [-0.3, -0.25) is 15.5 Å². The van der Waals surface area contributed by atoms with Gasteiger partial charge in [0.05, 0.1) is 0 Å². The lowest BCUT2D eigenvalue weighted by molar-refractivity contribution is -0.115. The fourth-order valence-electron chi connectivity index (χ4n) is 2.94. The normalized spacial score (nSPS) is 11.0. The van der Waals surface area contributed by atoms with Crippen LogP contribution in [0.4, 0.5) is 0 Å². The van der Waals surface area contributed by atoms with Gasteiger partial charge in [0, 0.05) is 22.4 Å². The number of nitrogens with one attached hydrogen (secondary N) is 2. The molecule has 34 heavy (non-hydrogen) atoms. The van der Waals surface area contributed by atoms with Crippen molar-refractivity contribution in [3.63, 3.8) is 0 Å². The van der Waals surface area contributed by atoms with E-state index in [1.165, 1.54) is 17.8 Å². The van der Waals surface area contributed by atoms with Gasteiger partial charge in [0.2, 0.25) is 11.1 Å². The van der Waals surface area contributed by atoms with Crippen molar-refractivity contribution >= 4 is 52.7 Å². The third kappa shape index (κ3) is 6.34. The van der Waals surface area contributed by atoms with Crippen LogP contribution in [0.1, 0.15) is 17.1 Å². The molecule has 0 bridgehead atoms. The molecule has 0 aliphatic rings. The van der Waals surface area contributed by atoms with E-state index < -0.39 is 5.91 Å². The van der Waals surface area contributed by atoms with Gasteiger partial charge in [-0.05, 0) is 67.2 Å². The second-order valence-corrected chi connectivity index (χ2v) is 8.90. The van der Waals surface area contributed by atoms with E-state index >= 15 is 0 Å². The van der Waals surface area contributed by atoms with Gasteiger partial charge in [-0.1, -0.05) is 53.7 Å². The Morgan fingerprint density at radius 1 is 1.12 bits per heavy atom. The first-order valence-corrected chi connectivity index (χ1v) is 12.0. The van der Waals surface area contributed by atoms with Crippen LogP contribution in [-0.4, -0.2) is 25.9 Å². The molecule has 4 aromatic rings. The largest absolute Gasteiger partial charge is 0.457 e. The van der Waals surface area contributed by atoms with E-state index in [4.69, 9.17) is 28.2 Å². The number of thiocarbonyl (C=S) groups is 1. The lowest BCUT2D eigenvalue weighted by Gasteiger charge is -2.12. The smallest absolute Gasteiger partial charge is 0.250 e. The number of furan rings is 1. The SMILES string of the molecule is Cc1nnc(SCc2ccccc2)n1NC(=S)NC(=O)/C=C/c1ccc(-c2ccc(Cl)cc2)o1. The van der Waals surface area contributed by atoms with E-state index in [0.717, 1.165) is 16.9 Å². The number of aryl methyl sites for hydroxylation is 1. The van der Waals surface area contributed by atoms with Crippen LogP contribution in [0.5, 0.6) is 0 Å². The summed E-state index contributed by atoms with van der Waals surface area (Å²) >= 11 is 12.7. The second-order valence-electron chi connectivity index (χ2n) is 7.11. The van der Waals surface area contributed by atoms with Crippen molar-refractivity contribution < 1.29 is 9.21 Å². The number of hydrogen-bond acceptors (Lipinski definition) is 6. The van der Waals surface area contributed by atoms with Gasteiger partial charge >= 0.3 is 0 Å². The molecule has 1 amide bonds. The predicted octanol–water partition coefficient (Wildman–Crippen LogP) is 5.45. The number of aromatic nitrogens is 3. The minimum Gasteiger partial charge on any atom is -0.457 e. The molecule has 0 saturated carbocycles. The quantitative estimate of drug-likeness (QED) is 0.194. The van der Waals surface area contributed by atoms with Gasteiger partial charge in [-0.2, -0.15) is 0 Å². The predicted molar refractivity (Wildman–Crippen MR) is 139 cm³/mol. The van der Waals surface area contributed by atoms with E-state index in [1.54, 1.807) is 35.9 Å². The Morgan fingerprint density at radius 2 is 1.88 bits per heavy atom. The van der Waals surface area contributed by atoms with Crippen LogP contribution < -0.4 is 10.7 Å². The van der Waals surface area contributed by atoms with Crippen LogP contribution in [0.25, 0.3) is 17.4 Å². The summed E-state index contributed by atoms with van der Waals surface area (Å²) in [6.45, 7) is 1.80. The van der Waals surface area contributed by atoms with Crippen LogP contribution in [0, 0.1) is 6.92 Å². The molecule has 7 nitrogen and oxygen atoms in total. The monoisotopic (exact) mass is 509 g/mol. The van der Waals surface area contributed by atoms with E-state index in [-0.39, 0.29) is 5.11 Å². The van der Waals surface area contributed by atoms with Crippen LogP contribution in [0.15, 0.2) is 82.4 Å². The number of thioether (sulfide) groups is 1. The molecule has 2 N–H and O–H groups in total. The topological polar surface area (TPSA) is 85.0 Å². The molecule has 0 spiro atoms. The molecule has 4 rings (SSSR count). The van der Waals surface area contributed by atoms with Gasteiger partial charge in [0.25, 0.3) is 0 Å². The van der Waals surface area contributed by atoms with Crippen molar-refractivity contribution in [2.45, 2.75) is 17.8 Å². The molecule has 0 aliphatic heterocycles. The van der Waals surface area contributed by atoms with Gasteiger partial charge in [0.1, 0.15) is 17.3 Å². The summed E-state index contributed by atoms with van der Waals surface area (Å²) in [6, 6.07) is 21.0. The van der Waals surface area contributed by atoms with E-state index in [2.05, 4.69) is 20.9 Å². The van der Waals surface area contributed by atoms with Crippen molar-refractivity contribution in [3.05, 3.63) is 95.0 Å². The molecule has 2 heterocycles. The van der Waals surface area contributed by atoms with Crippen LogP contribution >= 0.6 is 35.6 Å². The third-order valence-electron chi connectivity index (χ3n) is 4.61. The molecule has 0 unspecified atom stereocenters. The van der Waals surface area contributed by atoms with E-state index in [0.29, 0.717) is 27.5 Å². The van der Waals surface area contributed by atoms with Crippen molar-refractivity contribution in [2.24, 2.45) is 0 Å². The summed E-state index contributed by atoms with van der Waals surface area (Å²) in [4.78, 5) is 12.3. The highest BCUT2D eigenvalue weighted by Gasteiger charge is 2.12. The van der Waals surface area contributed by atoms with E-state index in [9.17, 15) is 4.79 Å². The zero-order valence-corrected chi connectivity index (χ0v) is 20.5. The molecule has 0 aliphatic carbocycles. The number of carbonyl (C=O) groups is 1. The summed E-state index contributed by atoms with van der Waals surface area (Å²) in [6.07, 6.45) is 2.92. The molecular weight excluding hydrogens is 490 g/mol. The highest BCUT2D eigenvalue weighted by atomic mass is 35.5. The van der Waals surface area contributed by atoms with Crippen molar-refractivity contribution in [2.75, 3.05) is 5.43 Å². The number of nitrogens with zero attached hydrogens (tertiary/aromatic N) is 3. The Hall–Kier alpha value is -3.40. The molecule has 2 aromatic carbocycles. The van der Waals surface area contributed by atoms with Crippen molar-refractivity contribution in [3.8, 4) is 11.3 Å². The lowest BCUT2D eigenvalue weighted by atomic mass is 10.2. The molecule has 0 fully saturated rings. The molecular formula is C24H20ClN5O2S2. The molecule has 172 valence electrons. The van der Waals surface area contributed by atoms with Crippen LogP contribution in [0.2, 0.25) is 5.02 Å². The summed E-state index contributed by atoms with van der Waals surface area (Å²) in [5.41, 5.74) is 5.01. The summed E-state index contributed by atoms with van der Waals surface area (Å²) in [7, 11) is 0. The minimum absolute atomic E-state index is 0.125. The lowest BCUT2D eigenvalue weighted by Crippen LogP contribution is -2.37. The Bertz CT molecular complexity index is 1320. The average molecular weight is 510 g/mol. The Balaban J connectivity index is 1.32. The second kappa shape index (κ2) is 11.1. The van der Waals surface area contributed by atoms with Gasteiger partial charge in [-0.15, -0.1) is 10.2 Å². The zero-order chi connectivity index (χ0) is 23.9. The number of carbonyl (C=O) groups excluding carboxylic acids is 1. The number of rotatable bonds is 7. The molecule has 0 atom stereocenters. The van der Waals surface area contributed by atoms with Gasteiger partial charge < -0.3 is 4.42 Å². The third-order valence-corrected chi connectivity index (χ3v) is 6.06. The van der Waals surface area contributed by atoms with Crippen LogP contribution in [-0.2, 0) is 10.5 Å². The maximum atomic E-state index is 12.3. The fourth-order valence-corrected chi connectivity index (χ4v) is 4.15. The zero-order valence-electron chi connectivity index (χ0n) is 18.1. The highest BCUT2D eigenvalue weighted by molar-refractivity contribution is 7.98. The number of benzene rings is 2. The Labute approximate surface area is 211 Å². The molecule has 2 aromatic heterocycles. The first-order chi connectivity index (χ1) is 16.5.